The fourth-order valence-electron chi connectivity index (χ4n) is 6.12. The van der Waals surface area contributed by atoms with Gasteiger partial charge in [-0.3, -0.25) is 14.1 Å². The lowest BCUT2D eigenvalue weighted by Crippen LogP contribution is -2.29. The Bertz CT molecular complexity index is 827. The van der Waals surface area contributed by atoms with Gasteiger partial charge in [0.2, 0.25) is 0 Å². The molecule has 0 amide bonds. The van der Waals surface area contributed by atoms with E-state index in [-0.39, 0.29) is 19.4 Å². The zero-order chi connectivity index (χ0) is 36.8. The second kappa shape index (κ2) is 37.5. The Hall–Kier alpha value is -1.21. The van der Waals surface area contributed by atoms with Gasteiger partial charge in [-0.25, -0.2) is 4.57 Å². The predicted molar refractivity (Wildman–Crippen MR) is 207 cm³/mol. The van der Waals surface area contributed by atoms with E-state index in [2.05, 4.69) is 30.5 Å². The van der Waals surface area contributed by atoms with Gasteiger partial charge in [0.1, 0.15) is 6.61 Å². The minimum atomic E-state index is -4.75. The molecule has 296 valence electrons. The molecule has 0 aliphatic heterocycles. The summed E-state index contributed by atoms with van der Waals surface area (Å²) < 4.78 is 26.4. The molecule has 1 atom stereocenters. The Kier molecular flexibility index (Phi) is 36.6. The maximum Gasteiger partial charge on any atom is 0.469 e. The van der Waals surface area contributed by atoms with Crippen LogP contribution in [0.5, 0.6) is 0 Å². The van der Waals surface area contributed by atoms with Crippen LogP contribution in [0.15, 0.2) is 12.2 Å². The highest BCUT2D eigenvalue weighted by molar-refractivity contribution is 7.46. The number of carbonyl (C=O) groups excluding carboxylic acids is 2. The molecule has 8 nitrogen and oxygen atoms in total. The van der Waals surface area contributed by atoms with Crippen LogP contribution in [0, 0.1) is 0 Å². The Morgan fingerprint density at radius 3 is 1.28 bits per heavy atom. The molecule has 0 saturated heterocycles. The van der Waals surface area contributed by atoms with Crippen molar-refractivity contribution < 1.29 is 37.9 Å². The van der Waals surface area contributed by atoms with Crippen LogP contribution in [0.25, 0.3) is 0 Å². The predicted octanol–water partition coefficient (Wildman–Crippen LogP) is 12.6. The summed E-state index contributed by atoms with van der Waals surface area (Å²) in [7, 11) is -4.75. The summed E-state index contributed by atoms with van der Waals surface area (Å²) in [6, 6.07) is 0. The largest absolute Gasteiger partial charge is 0.469 e. The van der Waals surface area contributed by atoms with Gasteiger partial charge in [-0.05, 0) is 32.1 Å². The van der Waals surface area contributed by atoms with Gasteiger partial charge in [0.25, 0.3) is 0 Å². The monoisotopic (exact) mass is 731 g/mol. The van der Waals surface area contributed by atoms with Crippen molar-refractivity contribution in [2.45, 2.75) is 225 Å². The molecule has 0 aromatic carbocycles. The highest BCUT2D eigenvalue weighted by Gasteiger charge is 2.22. The van der Waals surface area contributed by atoms with Crippen molar-refractivity contribution in [3.63, 3.8) is 0 Å². The van der Waals surface area contributed by atoms with Crippen molar-refractivity contribution >= 4 is 19.8 Å². The molecule has 0 spiro atoms. The first-order chi connectivity index (χ1) is 24.3. The summed E-state index contributed by atoms with van der Waals surface area (Å²) in [5, 5.41) is 0. The van der Waals surface area contributed by atoms with Crippen LogP contribution in [-0.4, -0.2) is 41.0 Å². The second-order valence-electron chi connectivity index (χ2n) is 14.3. The third-order valence-corrected chi connectivity index (χ3v) is 9.77. The number of hydrogen-bond acceptors (Lipinski definition) is 6. The number of carbonyl (C=O) groups is 2. The van der Waals surface area contributed by atoms with Crippen molar-refractivity contribution in [1.82, 2.24) is 0 Å². The van der Waals surface area contributed by atoms with Crippen LogP contribution in [0.1, 0.15) is 219 Å². The van der Waals surface area contributed by atoms with Crippen LogP contribution in [0.4, 0.5) is 0 Å². The zero-order valence-electron chi connectivity index (χ0n) is 32.6. The molecule has 0 rings (SSSR count). The molecule has 0 radical (unpaired) electrons. The number of phosphoric ester groups is 1. The molecule has 9 heteroatoms. The van der Waals surface area contributed by atoms with E-state index in [1.807, 2.05) is 0 Å². The summed E-state index contributed by atoms with van der Waals surface area (Å²) in [6.45, 7) is 3.68. The summed E-state index contributed by atoms with van der Waals surface area (Å²) in [5.41, 5.74) is 0. The molecule has 2 N–H and O–H groups in total. The lowest BCUT2D eigenvalue weighted by atomic mass is 10.0. The number of unbranched alkanes of at least 4 members (excludes halogenated alkanes) is 27. The maximum atomic E-state index is 12.4. The van der Waals surface area contributed by atoms with Gasteiger partial charge in [-0.2, -0.15) is 0 Å². The van der Waals surface area contributed by atoms with Crippen molar-refractivity contribution in [3.05, 3.63) is 12.2 Å². The van der Waals surface area contributed by atoms with E-state index in [1.54, 1.807) is 0 Å². The van der Waals surface area contributed by atoms with E-state index in [1.165, 1.54) is 154 Å². The van der Waals surface area contributed by atoms with Crippen LogP contribution >= 0.6 is 7.82 Å². The van der Waals surface area contributed by atoms with Crippen molar-refractivity contribution in [2.24, 2.45) is 0 Å². The quantitative estimate of drug-likeness (QED) is 0.0278. The molecular formula is C41H79O8P. The molecule has 0 fully saturated rings. The minimum absolute atomic E-state index is 0.218. The molecule has 0 bridgehead atoms. The third-order valence-electron chi connectivity index (χ3n) is 9.28. The van der Waals surface area contributed by atoms with E-state index < -0.39 is 32.5 Å². The third kappa shape index (κ3) is 39.6. The Morgan fingerprint density at radius 1 is 0.500 bits per heavy atom. The van der Waals surface area contributed by atoms with Crippen LogP contribution in [0.2, 0.25) is 0 Å². The first-order valence-corrected chi connectivity index (χ1v) is 22.5. The van der Waals surface area contributed by atoms with Crippen molar-refractivity contribution in [1.29, 1.82) is 0 Å². The fraction of sp³-hybridized carbons (Fsp3) is 0.902. The molecule has 0 heterocycles. The molecule has 0 aliphatic rings. The topological polar surface area (TPSA) is 119 Å². The van der Waals surface area contributed by atoms with E-state index in [0.29, 0.717) is 6.42 Å². The number of allylic oxidation sites excluding steroid dienone is 2. The van der Waals surface area contributed by atoms with E-state index in [9.17, 15) is 14.2 Å². The Labute approximate surface area is 307 Å². The number of phosphoric acid groups is 1. The fourth-order valence-corrected chi connectivity index (χ4v) is 6.48. The Morgan fingerprint density at radius 2 is 0.860 bits per heavy atom. The minimum Gasteiger partial charge on any atom is -0.462 e. The first-order valence-electron chi connectivity index (χ1n) is 21.0. The second-order valence-corrected chi connectivity index (χ2v) is 15.6. The van der Waals surface area contributed by atoms with Crippen LogP contribution in [0.3, 0.4) is 0 Å². The van der Waals surface area contributed by atoms with Gasteiger partial charge < -0.3 is 19.3 Å². The average molecular weight is 731 g/mol. The SMILES string of the molecule is CCCC/C=C/CCCCCCCCCCCC(=O)OC[C@H](COP(=O)(O)O)OC(=O)CCCCCCCCCCCCCCCCCCC. The molecule has 0 aromatic heterocycles. The molecule has 0 saturated carbocycles. The number of hydrogen-bond donors (Lipinski definition) is 2. The lowest BCUT2D eigenvalue weighted by molar-refractivity contribution is -0.161. The molecule has 0 aliphatic carbocycles. The highest BCUT2D eigenvalue weighted by atomic mass is 31.2. The smallest absolute Gasteiger partial charge is 0.462 e. The normalized spacial score (nSPS) is 12.5. The van der Waals surface area contributed by atoms with Crippen molar-refractivity contribution in [2.75, 3.05) is 13.2 Å². The molecule has 0 aromatic rings. The van der Waals surface area contributed by atoms with Crippen LogP contribution in [-0.2, 0) is 28.2 Å². The van der Waals surface area contributed by atoms with Gasteiger partial charge in [0.15, 0.2) is 6.10 Å². The number of esters is 2. The zero-order valence-corrected chi connectivity index (χ0v) is 33.5. The van der Waals surface area contributed by atoms with Crippen molar-refractivity contribution in [3.8, 4) is 0 Å². The van der Waals surface area contributed by atoms with E-state index >= 15 is 0 Å². The highest BCUT2D eigenvalue weighted by Crippen LogP contribution is 2.36. The lowest BCUT2D eigenvalue weighted by Gasteiger charge is -2.18. The van der Waals surface area contributed by atoms with E-state index in [4.69, 9.17) is 19.3 Å². The standard InChI is InChI=1S/C41H79O8P/c1-3-5-7-9-11-13-15-17-19-20-22-24-26-28-30-32-34-36-41(43)49-39(38-48-50(44,45)46)37-47-40(42)35-33-31-29-27-25-23-21-18-16-14-12-10-8-6-4-2/h10,12,39H,3-9,11,13-38H2,1-2H3,(H2,44,45,46)/b12-10+/t39-/m1/s1. The number of ether oxygens (including phenoxy) is 2. The molecular weight excluding hydrogens is 651 g/mol. The molecule has 0 unspecified atom stereocenters. The summed E-state index contributed by atoms with van der Waals surface area (Å²) >= 11 is 0. The number of rotatable bonds is 39. The van der Waals surface area contributed by atoms with Gasteiger partial charge in [0.05, 0.1) is 6.61 Å². The first kappa shape index (κ1) is 48.8. The summed E-state index contributed by atoms with van der Waals surface area (Å²) in [5.74, 6) is -0.875. The van der Waals surface area contributed by atoms with E-state index in [0.717, 1.165) is 32.1 Å². The summed E-state index contributed by atoms with van der Waals surface area (Å²) in [6.07, 6.45) is 40.7. The molecule has 50 heavy (non-hydrogen) atoms. The van der Waals surface area contributed by atoms with Gasteiger partial charge in [0, 0.05) is 12.8 Å². The van der Waals surface area contributed by atoms with Gasteiger partial charge in [-0.15, -0.1) is 0 Å². The van der Waals surface area contributed by atoms with Crippen LogP contribution < -0.4 is 0 Å². The van der Waals surface area contributed by atoms with Gasteiger partial charge >= 0.3 is 19.8 Å². The maximum absolute atomic E-state index is 12.4. The Balaban J connectivity index is 3.87. The van der Waals surface area contributed by atoms with Gasteiger partial charge in [-0.1, -0.05) is 187 Å². The summed E-state index contributed by atoms with van der Waals surface area (Å²) in [4.78, 5) is 42.8. The average Bonchev–Trinajstić information content (AvgIpc) is 3.08.